The molecule has 2 N–H and O–H groups in total. The molecule has 0 aromatic carbocycles. The fourth-order valence-electron chi connectivity index (χ4n) is 1.46. The van der Waals surface area contributed by atoms with Crippen LogP contribution in [0, 0.1) is 10.5 Å². The number of anilines is 1. The average molecular weight is 345 g/mol. The quantitative estimate of drug-likeness (QED) is 0.850. The van der Waals surface area contributed by atoms with Crippen LogP contribution >= 0.6 is 33.9 Å². The smallest absolute Gasteiger partial charge is 0.162 e. The van der Waals surface area contributed by atoms with E-state index >= 15 is 0 Å². The lowest BCUT2D eigenvalue weighted by Gasteiger charge is -2.07. The van der Waals surface area contributed by atoms with Gasteiger partial charge in [-0.15, -0.1) is 0 Å². The molecule has 2 aromatic rings. The van der Waals surface area contributed by atoms with Crippen molar-refractivity contribution in [3.8, 4) is 11.4 Å². The molecule has 0 unspecified atom stereocenters. The number of nitrogens with zero attached hydrogens (tertiary/aromatic N) is 2. The van der Waals surface area contributed by atoms with Crippen LogP contribution in [0.1, 0.15) is 18.2 Å². The van der Waals surface area contributed by atoms with E-state index in [-0.39, 0.29) is 0 Å². The number of rotatable bonds is 2. The summed E-state index contributed by atoms with van der Waals surface area (Å²) < 4.78 is 0.969. The van der Waals surface area contributed by atoms with Gasteiger partial charge in [-0.25, -0.2) is 9.97 Å². The van der Waals surface area contributed by atoms with Crippen molar-refractivity contribution >= 4 is 39.7 Å². The van der Waals surface area contributed by atoms with E-state index in [0.29, 0.717) is 5.82 Å². The second-order valence-corrected chi connectivity index (χ2v) is 5.34. The maximum atomic E-state index is 5.90. The number of nitrogen functional groups attached to an aromatic ring is 1. The first-order chi connectivity index (χ1) is 7.63. The van der Waals surface area contributed by atoms with Crippen LogP contribution in [0.3, 0.4) is 0 Å². The van der Waals surface area contributed by atoms with Crippen LogP contribution in [-0.4, -0.2) is 9.97 Å². The molecule has 5 heteroatoms. The molecular formula is C11H12IN3S. The molecular weight excluding hydrogens is 333 g/mol. The molecule has 0 saturated carbocycles. The Hall–Kier alpha value is -0.690. The van der Waals surface area contributed by atoms with E-state index in [2.05, 4.69) is 57.2 Å². The Balaban J connectivity index is 2.59. The van der Waals surface area contributed by atoms with Gasteiger partial charge in [0, 0.05) is 10.9 Å². The molecule has 0 atom stereocenters. The Morgan fingerprint density at radius 3 is 2.69 bits per heavy atom. The number of hydrogen-bond donors (Lipinski definition) is 1. The average Bonchev–Trinajstić information content (AvgIpc) is 2.68. The lowest BCUT2D eigenvalue weighted by atomic mass is 10.2. The van der Waals surface area contributed by atoms with Gasteiger partial charge in [0.15, 0.2) is 5.82 Å². The van der Waals surface area contributed by atoms with E-state index in [1.807, 2.05) is 0 Å². The molecule has 0 spiro atoms. The molecule has 0 aliphatic carbocycles. The SMILES string of the molecule is CCc1nc(-c2cscc2C)nc(N)c1I. The fourth-order valence-corrected chi connectivity index (χ4v) is 2.91. The van der Waals surface area contributed by atoms with Gasteiger partial charge in [0.25, 0.3) is 0 Å². The second kappa shape index (κ2) is 4.67. The first-order valence-corrected chi connectivity index (χ1v) is 7.00. The monoisotopic (exact) mass is 345 g/mol. The van der Waals surface area contributed by atoms with E-state index < -0.39 is 0 Å². The maximum absolute atomic E-state index is 5.90. The molecule has 3 nitrogen and oxygen atoms in total. The van der Waals surface area contributed by atoms with Gasteiger partial charge in [-0.05, 0) is 46.9 Å². The van der Waals surface area contributed by atoms with Crippen LogP contribution in [0.4, 0.5) is 5.82 Å². The molecule has 84 valence electrons. The van der Waals surface area contributed by atoms with Crippen molar-refractivity contribution in [3.05, 3.63) is 25.6 Å². The zero-order valence-electron chi connectivity index (χ0n) is 9.12. The van der Waals surface area contributed by atoms with Gasteiger partial charge >= 0.3 is 0 Å². The van der Waals surface area contributed by atoms with Gasteiger partial charge in [0.1, 0.15) is 5.82 Å². The summed E-state index contributed by atoms with van der Waals surface area (Å²) in [4.78, 5) is 8.91. The number of halogens is 1. The van der Waals surface area contributed by atoms with Crippen LogP contribution in [0.2, 0.25) is 0 Å². The Kier molecular flexibility index (Phi) is 3.44. The summed E-state index contributed by atoms with van der Waals surface area (Å²) in [6, 6.07) is 0. The predicted molar refractivity (Wildman–Crippen MR) is 76.6 cm³/mol. The van der Waals surface area contributed by atoms with Crippen LogP contribution in [0.5, 0.6) is 0 Å². The third kappa shape index (κ3) is 2.06. The van der Waals surface area contributed by atoms with Gasteiger partial charge < -0.3 is 5.73 Å². The standard InChI is InChI=1S/C11H12IN3S/c1-3-8-9(12)10(13)15-11(14-8)7-5-16-4-6(7)2/h4-5H,3H2,1-2H3,(H2,13,14,15). The largest absolute Gasteiger partial charge is 0.383 e. The second-order valence-electron chi connectivity index (χ2n) is 3.52. The summed E-state index contributed by atoms with van der Waals surface area (Å²) in [5.41, 5.74) is 9.21. The van der Waals surface area contributed by atoms with Crippen molar-refractivity contribution in [3.63, 3.8) is 0 Å². The van der Waals surface area contributed by atoms with Crippen molar-refractivity contribution in [2.75, 3.05) is 5.73 Å². The molecule has 0 radical (unpaired) electrons. The summed E-state index contributed by atoms with van der Waals surface area (Å²) in [6.07, 6.45) is 0.876. The highest BCUT2D eigenvalue weighted by Crippen LogP contribution is 2.27. The molecule has 0 fully saturated rings. The minimum atomic E-state index is 0.577. The number of aromatic nitrogens is 2. The third-order valence-corrected chi connectivity index (χ3v) is 4.41. The van der Waals surface area contributed by atoms with Gasteiger partial charge in [0.05, 0.1) is 9.26 Å². The minimum Gasteiger partial charge on any atom is -0.383 e. The van der Waals surface area contributed by atoms with E-state index in [1.54, 1.807) is 11.3 Å². The van der Waals surface area contributed by atoms with Crippen LogP contribution in [0.15, 0.2) is 10.8 Å². The highest BCUT2D eigenvalue weighted by atomic mass is 127. The molecule has 0 aliphatic rings. The molecule has 2 aromatic heterocycles. The number of nitrogens with two attached hydrogens (primary N) is 1. The summed E-state index contributed by atoms with van der Waals surface area (Å²) in [5.74, 6) is 1.32. The lowest BCUT2D eigenvalue weighted by molar-refractivity contribution is 0.994. The molecule has 0 bridgehead atoms. The van der Waals surface area contributed by atoms with E-state index in [4.69, 9.17) is 5.73 Å². The normalized spacial score (nSPS) is 10.7. The van der Waals surface area contributed by atoms with Crippen molar-refractivity contribution < 1.29 is 0 Å². The highest BCUT2D eigenvalue weighted by Gasteiger charge is 2.12. The van der Waals surface area contributed by atoms with E-state index in [1.165, 1.54) is 5.56 Å². The molecule has 2 rings (SSSR count). The molecule has 2 heterocycles. The van der Waals surface area contributed by atoms with Crippen molar-refractivity contribution in [2.24, 2.45) is 0 Å². The zero-order chi connectivity index (χ0) is 11.7. The van der Waals surface area contributed by atoms with E-state index in [0.717, 1.165) is 27.1 Å². The molecule has 0 aliphatic heterocycles. The summed E-state index contributed by atoms with van der Waals surface area (Å²) in [5, 5.41) is 4.16. The first kappa shape index (κ1) is 11.8. The van der Waals surface area contributed by atoms with Crippen molar-refractivity contribution in [1.29, 1.82) is 0 Å². The zero-order valence-corrected chi connectivity index (χ0v) is 12.1. The third-order valence-electron chi connectivity index (χ3n) is 2.38. The Bertz CT molecular complexity index is 522. The van der Waals surface area contributed by atoms with Crippen LogP contribution in [-0.2, 0) is 6.42 Å². The van der Waals surface area contributed by atoms with Gasteiger partial charge in [0.2, 0.25) is 0 Å². The summed E-state index contributed by atoms with van der Waals surface area (Å²) in [6.45, 7) is 4.14. The number of aryl methyl sites for hydroxylation is 2. The molecule has 16 heavy (non-hydrogen) atoms. The Morgan fingerprint density at radius 2 is 2.12 bits per heavy atom. The number of thiophene rings is 1. The van der Waals surface area contributed by atoms with Crippen LogP contribution in [0.25, 0.3) is 11.4 Å². The molecule has 0 amide bonds. The van der Waals surface area contributed by atoms with Crippen molar-refractivity contribution in [2.45, 2.75) is 20.3 Å². The summed E-state index contributed by atoms with van der Waals surface area (Å²) >= 11 is 3.86. The predicted octanol–water partition coefficient (Wildman–Crippen LogP) is 3.26. The fraction of sp³-hybridized carbons (Fsp3) is 0.273. The highest BCUT2D eigenvalue weighted by molar-refractivity contribution is 14.1. The summed E-state index contributed by atoms with van der Waals surface area (Å²) in [7, 11) is 0. The van der Waals surface area contributed by atoms with Gasteiger partial charge in [-0.3, -0.25) is 0 Å². The number of hydrogen-bond acceptors (Lipinski definition) is 4. The first-order valence-electron chi connectivity index (χ1n) is 4.98. The minimum absolute atomic E-state index is 0.577. The van der Waals surface area contributed by atoms with Crippen LogP contribution < -0.4 is 5.73 Å². The lowest BCUT2D eigenvalue weighted by Crippen LogP contribution is -2.04. The molecule has 0 saturated heterocycles. The Morgan fingerprint density at radius 1 is 1.38 bits per heavy atom. The van der Waals surface area contributed by atoms with E-state index in [9.17, 15) is 0 Å². The van der Waals surface area contributed by atoms with Gasteiger partial charge in [-0.1, -0.05) is 6.92 Å². The maximum Gasteiger partial charge on any atom is 0.162 e. The van der Waals surface area contributed by atoms with Crippen molar-refractivity contribution in [1.82, 2.24) is 9.97 Å². The Labute approximate surface area is 112 Å². The topological polar surface area (TPSA) is 51.8 Å². The van der Waals surface area contributed by atoms with Gasteiger partial charge in [-0.2, -0.15) is 11.3 Å².